The lowest BCUT2D eigenvalue weighted by molar-refractivity contribution is 0.0999. The number of aromatic nitrogens is 2. The minimum atomic E-state index is -0.594. The third kappa shape index (κ3) is 3.20. The van der Waals surface area contributed by atoms with Gasteiger partial charge in [-0.2, -0.15) is 4.73 Å². The molecule has 3 aromatic rings. The van der Waals surface area contributed by atoms with Crippen LogP contribution in [-0.2, 0) is 6.42 Å². The lowest BCUT2D eigenvalue weighted by atomic mass is 10.1. The average molecular weight is 382 g/mol. The van der Waals surface area contributed by atoms with Gasteiger partial charge in [-0.3, -0.25) is 4.79 Å². The molecule has 0 saturated carbocycles. The van der Waals surface area contributed by atoms with Crippen molar-refractivity contribution >= 4 is 40.2 Å². The minimum Gasteiger partial charge on any atom is -0.493 e. The number of pyridine rings is 1. The Hall–Kier alpha value is -2.51. The third-order valence-electron chi connectivity index (χ3n) is 3.46. The highest BCUT2D eigenvalue weighted by molar-refractivity contribution is 6.34. The van der Waals surface area contributed by atoms with Crippen molar-refractivity contribution < 1.29 is 19.2 Å². The number of fused-ring (bicyclic) bond motifs is 1. The summed E-state index contributed by atoms with van der Waals surface area (Å²) in [6, 6.07) is 3.15. The van der Waals surface area contributed by atoms with Crippen LogP contribution in [-0.4, -0.2) is 27.9 Å². The summed E-state index contributed by atoms with van der Waals surface area (Å²) in [7, 11) is 1.50. The smallest absolute Gasteiger partial charge is 0.279 e. The quantitative estimate of drug-likeness (QED) is 0.701. The minimum absolute atomic E-state index is 0.0301. The SMILES string of the molecule is CCc1nc2c(C(=O)N=c3c(Cl)cn(O)cc3Cl)ccc(OC)c2o1. The second kappa shape index (κ2) is 6.78. The standard InChI is InChI=1S/C16H13Cl2N3O4/c1-3-12-19-13-8(4-5-11(24-2)15(13)25-12)16(22)20-14-9(17)6-21(23)7-10(14)18/h4-7,23H,3H2,1-2H3. The first kappa shape index (κ1) is 17.3. The molecule has 0 bridgehead atoms. The Morgan fingerprint density at radius 3 is 2.64 bits per heavy atom. The van der Waals surface area contributed by atoms with E-state index in [1.165, 1.54) is 19.5 Å². The van der Waals surface area contributed by atoms with Gasteiger partial charge in [0.1, 0.15) is 10.9 Å². The van der Waals surface area contributed by atoms with E-state index in [2.05, 4.69) is 9.98 Å². The van der Waals surface area contributed by atoms with E-state index in [-0.39, 0.29) is 21.0 Å². The molecule has 3 rings (SSSR count). The topological polar surface area (TPSA) is 89.9 Å². The van der Waals surface area contributed by atoms with E-state index in [9.17, 15) is 10.0 Å². The van der Waals surface area contributed by atoms with Gasteiger partial charge < -0.3 is 14.4 Å². The molecule has 9 heteroatoms. The Bertz CT molecular complexity index is 1010. The third-order valence-corrected chi connectivity index (χ3v) is 4.01. The fourth-order valence-electron chi connectivity index (χ4n) is 2.29. The number of ether oxygens (including phenoxy) is 1. The highest BCUT2D eigenvalue weighted by Crippen LogP contribution is 2.29. The molecule has 130 valence electrons. The van der Waals surface area contributed by atoms with E-state index >= 15 is 0 Å². The van der Waals surface area contributed by atoms with Crippen molar-refractivity contribution in [3.8, 4) is 5.75 Å². The fourth-order valence-corrected chi connectivity index (χ4v) is 2.82. The summed E-state index contributed by atoms with van der Waals surface area (Å²) in [4.78, 5) is 20.9. The van der Waals surface area contributed by atoms with Gasteiger partial charge in [-0.25, -0.2) is 9.98 Å². The molecule has 0 aliphatic carbocycles. The summed E-state index contributed by atoms with van der Waals surface area (Å²) >= 11 is 12.0. The number of carbonyl (C=O) groups excluding carboxylic acids is 1. The van der Waals surface area contributed by atoms with Gasteiger partial charge in [0.25, 0.3) is 5.91 Å². The molecule has 2 aromatic heterocycles. The molecule has 0 unspecified atom stereocenters. The molecule has 0 radical (unpaired) electrons. The Morgan fingerprint density at radius 2 is 2.04 bits per heavy atom. The van der Waals surface area contributed by atoms with Gasteiger partial charge in [-0.15, -0.1) is 0 Å². The summed E-state index contributed by atoms with van der Waals surface area (Å²) < 4.78 is 11.6. The maximum atomic E-state index is 12.6. The fraction of sp³-hybridized carbons (Fsp3) is 0.188. The van der Waals surface area contributed by atoms with Crippen molar-refractivity contribution in [3.63, 3.8) is 0 Å². The molecule has 0 aliphatic heterocycles. The lowest BCUT2D eigenvalue weighted by Crippen LogP contribution is -2.12. The second-order valence-electron chi connectivity index (χ2n) is 5.05. The maximum absolute atomic E-state index is 12.6. The van der Waals surface area contributed by atoms with Gasteiger partial charge in [-0.1, -0.05) is 30.1 Å². The monoisotopic (exact) mass is 381 g/mol. The molecule has 0 saturated heterocycles. The zero-order chi connectivity index (χ0) is 18.1. The van der Waals surface area contributed by atoms with Crippen molar-refractivity contribution in [3.05, 3.63) is 51.4 Å². The Labute approximate surface area is 152 Å². The number of amides is 1. The van der Waals surface area contributed by atoms with Crippen molar-refractivity contribution in [1.82, 2.24) is 9.71 Å². The predicted molar refractivity (Wildman–Crippen MR) is 91.5 cm³/mol. The van der Waals surface area contributed by atoms with E-state index in [0.29, 0.717) is 33.9 Å². The number of oxazole rings is 1. The Balaban J connectivity index is 2.19. The number of benzene rings is 1. The molecule has 0 atom stereocenters. The van der Waals surface area contributed by atoms with Gasteiger partial charge >= 0.3 is 0 Å². The van der Waals surface area contributed by atoms with Crippen LogP contribution in [0.1, 0.15) is 23.2 Å². The molecule has 1 aromatic carbocycles. The summed E-state index contributed by atoms with van der Waals surface area (Å²) in [5.41, 5.74) is 0.955. The highest BCUT2D eigenvalue weighted by atomic mass is 35.5. The van der Waals surface area contributed by atoms with Crippen LogP contribution in [0, 0.1) is 0 Å². The summed E-state index contributed by atoms with van der Waals surface area (Å²) in [5.74, 6) is 0.351. The first-order chi connectivity index (χ1) is 11.9. The molecular weight excluding hydrogens is 369 g/mol. The summed E-state index contributed by atoms with van der Waals surface area (Å²) in [6.07, 6.45) is 2.92. The van der Waals surface area contributed by atoms with E-state index < -0.39 is 5.91 Å². The number of methoxy groups -OCH3 is 1. The normalized spacial score (nSPS) is 10.9. The Kier molecular flexibility index (Phi) is 4.69. The number of hydrogen-bond acceptors (Lipinski definition) is 5. The molecule has 25 heavy (non-hydrogen) atoms. The Morgan fingerprint density at radius 1 is 1.36 bits per heavy atom. The zero-order valence-electron chi connectivity index (χ0n) is 13.3. The lowest BCUT2D eigenvalue weighted by Gasteiger charge is -2.03. The van der Waals surface area contributed by atoms with Crippen molar-refractivity contribution in [2.75, 3.05) is 7.11 Å². The van der Waals surface area contributed by atoms with E-state index in [1.54, 1.807) is 12.1 Å². The van der Waals surface area contributed by atoms with Crippen LogP contribution in [0.5, 0.6) is 5.75 Å². The van der Waals surface area contributed by atoms with Gasteiger partial charge in [0.15, 0.2) is 17.2 Å². The van der Waals surface area contributed by atoms with Gasteiger partial charge in [0, 0.05) is 6.42 Å². The van der Waals surface area contributed by atoms with E-state index in [1.807, 2.05) is 6.92 Å². The van der Waals surface area contributed by atoms with Crippen LogP contribution < -0.4 is 10.1 Å². The number of halogens is 2. The second-order valence-corrected chi connectivity index (χ2v) is 5.87. The number of nitrogens with zero attached hydrogens (tertiary/aromatic N) is 3. The van der Waals surface area contributed by atoms with Gasteiger partial charge in [0.2, 0.25) is 0 Å². The van der Waals surface area contributed by atoms with Gasteiger partial charge in [0.05, 0.1) is 35.1 Å². The van der Waals surface area contributed by atoms with Crippen LogP contribution in [0.2, 0.25) is 10.0 Å². The van der Waals surface area contributed by atoms with Crippen LogP contribution in [0.15, 0.2) is 33.9 Å². The number of aryl methyl sites for hydroxylation is 1. The molecule has 7 nitrogen and oxygen atoms in total. The maximum Gasteiger partial charge on any atom is 0.279 e. The van der Waals surface area contributed by atoms with Crippen LogP contribution in [0.3, 0.4) is 0 Å². The molecule has 0 spiro atoms. The molecule has 1 N–H and O–H groups in total. The first-order valence-electron chi connectivity index (χ1n) is 7.26. The molecule has 0 fully saturated rings. The largest absolute Gasteiger partial charge is 0.493 e. The molecule has 2 heterocycles. The van der Waals surface area contributed by atoms with E-state index in [4.69, 9.17) is 32.4 Å². The summed E-state index contributed by atoms with van der Waals surface area (Å²) in [5, 5.41) is 9.50. The molecular formula is C16H13Cl2N3O4. The number of carbonyl (C=O) groups is 1. The van der Waals surface area contributed by atoms with Crippen LogP contribution >= 0.6 is 23.2 Å². The highest BCUT2D eigenvalue weighted by Gasteiger charge is 2.19. The zero-order valence-corrected chi connectivity index (χ0v) is 14.8. The predicted octanol–water partition coefficient (Wildman–Crippen LogP) is 3.49. The summed E-state index contributed by atoms with van der Waals surface area (Å²) in [6.45, 7) is 1.89. The van der Waals surface area contributed by atoms with Crippen LogP contribution in [0.25, 0.3) is 11.1 Å². The molecule has 1 amide bonds. The average Bonchev–Trinajstić information content (AvgIpc) is 3.01. The van der Waals surface area contributed by atoms with Gasteiger partial charge in [-0.05, 0) is 12.1 Å². The first-order valence-corrected chi connectivity index (χ1v) is 8.02. The number of hydrogen-bond donors (Lipinski definition) is 1. The van der Waals surface area contributed by atoms with Crippen molar-refractivity contribution in [2.24, 2.45) is 4.99 Å². The number of rotatable bonds is 3. The van der Waals surface area contributed by atoms with Crippen LogP contribution in [0.4, 0.5) is 0 Å². The van der Waals surface area contributed by atoms with E-state index in [0.717, 1.165) is 0 Å². The molecule has 0 aliphatic rings. The van der Waals surface area contributed by atoms with Crippen molar-refractivity contribution in [1.29, 1.82) is 0 Å². The van der Waals surface area contributed by atoms with Crippen molar-refractivity contribution in [2.45, 2.75) is 13.3 Å².